The molecule has 0 spiro atoms. The number of amides is 1. The molecule has 12 unspecified atom stereocenters. The van der Waals surface area contributed by atoms with Crippen LogP contribution < -0.4 is 16.4 Å². The van der Waals surface area contributed by atoms with E-state index in [0.29, 0.717) is 90.6 Å². The number of carboxylic acid groups (broad SMARTS) is 1. The van der Waals surface area contributed by atoms with Crippen molar-refractivity contribution in [3.8, 4) is 0 Å². The van der Waals surface area contributed by atoms with Crippen molar-refractivity contribution < 1.29 is 29.1 Å². The number of halogens is 1. The molecule has 0 aliphatic heterocycles. The number of nitrogens with two attached hydrogens (primary N) is 1. The fourth-order valence-corrected chi connectivity index (χ4v) is 14.4. The average molecular weight is 835 g/mol. The van der Waals surface area contributed by atoms with Gasteiger partial charge in [-0.25, -0.2) is 0 Å². The molecule has 1 aromatic carbocycles. The summed E-state index contributed by atoms with van der Waals surface area (Å²) in [4.78, 5) is 62.7. The Labute approximate surface area is 358 Å². The number of hydrogen-bond acceptors (Lipinski definition) is 7. The zero-order valence-electron chi connectivity index (χ0n) is 36.8. The number of Topliss-reactive ketones (excluding diaryl/α,β-unsaturated/α-hetero) is 2. The lowest BCUT2D eigenvalue weighted by atomic mass is 9.39. The van der Waals surface area contributed by atoms with E-state index in [2.05, 4.69) is 45.3 Å². The Kier molecular flexibility index (Phi) is 14.1. The van der Waals surface area contributed by atoms with E-state index in [9.17, 15) is 29.1 Å². The largest absolute Gasteiger partial charge is 0.481 e. The number of allylic oxidation sites excluding steroid dienone is 2. The second kappa shape index (κ2) is 18.2. The van der Waals surface area contributed by atoms with Crippen molar-refractivity contribution >= 4 is 41.3 Å². The molecule has 0 aromatic heterocycles. The van der Waals surface area contributed by atoms with Crippen LogP contribution in [0.25, 0.3) is 0 Å². The zero-order chi connectivity index (χ0) is 43.0. The number of rotatable bonds is 13. The number of ketones is 2. The van der Waals surface area contributed by atoms with Crippen molar-refractivity contribution in [2.45, 2.75) is 131 Å². The lowest BCUT2D eigenvalue weighted by molar-refractivity contribution is -0.163. The summed E-state index contributed by atoms with van der Waals surface area (Å²) in [6, 6.07) is 6.72. The summed E-state index contributed by atoms with van der Waals surface area (Å²) in [5, 5.41) is 16.6. The third-order valence-corrected chi connectivity index (χ3v) is 17.4. The van der Waals surface area contributed by atoms with Crippen LogP contribution in [0, 0.1) is 75.4 Å². The average Bonchev–Trinajstić information content (AvgIpc) is 3.47. The normalized spacial score (nSPS) is 36.1. The first-order chi connectivity index (χ1) is 27.9. The van der Waals surface area contributed by atoms with Crippen LogP contribution >= 0.6 is 11.6 Å². The van der Waals surface area contributed by atoms with Crippen LogP contribution in [0.5, 0.6) is 0 Å². The molecule has 10 heteroatoms. The number of carbonyl (C=O) groups excluding carboxylic acids is 4. The van der Waals surface area contributed by atoms with E-state index < -0.39 is 5.97 Å². The number of aliphatic carboxylic acids is 1. The van der Waals surface area contributed by atoms with Gasteiger partial charge >= 0.3 is 5.97 Å². The van der Waals surface area contributed by atoms with Gasteiger partial charge < -0.3 is 21.5 Å². The lowest BCUT2D eigenvalue weighted by Gasteiger charge is -2.65. The van der Waals surface area contributed by atoms with Gasteiger partial charge in [-0.2, -0.15) is 0 Å². The Bertz CT molecular complexity index is 1770. The summed E-state index contributed by atoms with van der Waals surface area (Å²) < 4.78 is 0. The zero-order valence-corrected chi connectivity index (χ0v) is 37.5. The molecule has 5 fully saturated rings. The Morgan fingerprint density at radius 1 is 0.983 bits per heavy atom. The van der Waals surface area contributed by atoms with E-state index >= 15 is 0 Å². The fourth-order valence-electron chi connectivity index (χ4n) is 14.2. The monoisotopic (exact) mass is 834 g/mol. The Hall–Kier alpha value is -2.88. The van der Waals surface area contributed by atoms with Crippen molar-refractivity contribution in [2.24, 2.45) is 81.2 Å². The van der Waals surface area contributed by atoms with Gasteiger partial charge in [0.05, 0.1) is 5.92 Å². The summed E-state index contributed by atoms with van der Waals surface area (Å²) in [5.74, 6) is 2.67. The van der Waals surface area contributed by atoms with Crippen molar-refractivity contribution in [3.05, 3.63) is 46.0 Å². The van der Waals surface area contributed by atoms with Gasteiger partial charge in [-0.1, -0.05) is 70.8 Å². The van der Waals surface area contributed by atoms with Gasteiger partial charge in [-0.3, -0.25) is 24.0 Å². The second-order valence-corrected chi connectivity index (χ2v) is 21.2. The molecule has 1 aromatic rings. The quantitative estimate of drug-likeness (QED) is 0.144. The summed E-state index contributed by atoms with van der Waals surface area (Å²) >= 11 is 5.55. The van der Waals surface area contributed by atoms with Crippen LogP contribution in [0.4, 0.5) is 0 Å². The summed E-state index contributed by atoms with van der Waals surface area (Å²) in [6.45, 7) is 14.9. The van der Waals surface area contributed by atoms with E-state index in [1.165, 1.54) is 24.8 Å². The summed E-state index contributed by atoms with van der Waals surface area (Å²) in [6.07, 6.45) is 12.5. The Morgan fingerprint density at radius 2 is 1.69 bits per heavy atom. The molecule has 5 saturated carbocycles. The van der Waals surface area contributed by atoms with Crippen LogP contribution in [-0.4, -0.2) is 61.0 Å². The number of likely N-dealkylation sites (N-methyl/N-ethyl adjacent to an activating group) is 1. The molecule has 6 aliphatic rings. The maximum Gasteiger partial charge on any atom is 0.306 e. The maximum absolute atomic E-state index is 13.8. The number of aldehydes is 1. The highest BCUT2D eigenvalue weighted by Crippen LogP contribution is 2.70. The first-order valence-electron chi connectivity index (χ1n) is 22.8. The summed E-state index contributed by atoms with van der Waals surface area (Å²) in [5.41, 5.74) is 8.87. The highest BCUT2D eigenvalue weighted by molar-refractivity contribution is 6.30. The number of benzene rings is 1. The molecule has 1 amide bonds. The topological polar surface area (TPSA) is 156 Å². The van der Waals surface area contributed by atoms with Gasteiger partial charge in [0.2, 0.25) is 5.91 Å². The van der Waals surface area contributed by atoms with Crippen molar-refractivity contribution in [1.29, 1.82) is 0 Å². The Morgan fingerprint density at radius 3 is 2.31 bits per heavy atom. The van der Waals surface area contributed by atoms with Crippen LogP contribution in [0.1, 0.15) is 135 Å². The minimum Gasteiger partial charge on any atom is -0.481 e. The van der Waals surface area contributed by atoms with Crippen LogP contribution in [0.2, 0.25) is 5.02 Å². The SMILES string of the molecule is CNCC(CCN)NC(=O)CC12CCC3C(CCC4C3CCC3C(C)(C)C(CC(=O)C5CC(C(=O)O)C5C)CCC43C)C1=C(C(C)C)C(=O)C2.O=Cc1ccc(Cl)cc1. The van der Waals surface area contributed by atoms with Gasteiger partial charge in [-0.05, 0) is 154 Å². The first-order valence-corrected chi connectivity index (χ1v) is 23.2. The lowest BCUT2D eigenvalue weighted by Crippen LogP contribution is -2.58. The predicted molar refractivity (Wildman–Crippen MR) is 233 cm³/mol. The molecule has 12 atom stereocenters. The van der Waals surface area contributed by atoms with E-state index in [-0.39, 0.29) is 57.6 Å². The van der Waals surface area contributed by atoms with E-state index in [4.69, 9.17) is 17.3 Å². The summed E-state index contributed by atoms with van der Waals surface area (Å²) in [7, 11) is 1.90. The molecule has 326 valence electrons. The molecule has 7 rings (SSSR count). The second-order valence-electron chi connectivity index (χ2n) is 20.8. The standard InChI is InChI=1S/C42H67N3O5.C7H5ClO/c1-23(2)37-34(47)20-42(21-36(48)45-26(14-17-43)22-44-7)16-13-27-28-9-11-35-40(4,5)25(18-33(46)30-19-31(24(30)3)39(49)50)12-15-41(35,6)32(28)10-8-29(27)38(37)42;8-7-3-1-6(5-9)2-4-7/h23-32,35,44H,8-22,43H2,1-7H3,(H,45,48)(H,49,50);1-5H. The van der Waals surface area contributed by atoms with Gasteiger partial charge in [0.1, 0.15) is 12.1 Å². The molecule has 5 N–H and O–H groups in total. The van der Waals surface area contributed by atoms with Gasteiger partial charge in [-0.15, -0.1) is 0 Å². The van der Waals surface area contributed by atoms with E-state index in [0.717, 1.165) is 50.4 Å². The van der Waals surface area contributed by atoms with Crippen molar-refractivity contribution in [2.75, 3.05) is 20.1 Å². The predicted octanol–water partition coefficient (Wildman–Crippen LogP) is 8.71. The highest BCUT2D eigenvalue weighted by atomic mass is 35.5. The fraction of sp³-hybridized carbons (Fsp3) is 0.735. The van der Waals surface area contributed by atoms with Gasteiger partial charge in [0, 0.05) is 53.8 Å². The van der Waals surface area contributed by atoms with E-state index in [1.807, 2.05) is 14.0 Å². The maximum atomic E-state index is 13.8. The number of carboxylic acids is 1. The number of nitrogens with one attached hydrogen (secondary N) is 2. The number of fused-ring (bicyclic) bond motifs is 7. The van der Waals surface area contributed by atoms with E-state index in [1.54, 1.807) is 24.3 Å². The smallest absolute Gasteiger partial charge is 0.306 e. The van der Waals surface area contributed by atoms with Crippen molar-refractivity contribution in [3.63, 3.8) is 0 Å². The molecule has 6 aliphatic carbocycles. The van der Waals surface area contributed by atoms with Crippen LogP contribution in [-0.2, 0) is 19.2 Å². The third-order valence-electron chi connectivity index (χ3n) is 17.1. The van der Waals surface area contributed by atoms with Gasteiger partial charge in [0.15, 0.2) is 5.78 Å². The molecular weight excluding hydrogens is 762 g/mol. The first kappa shape index (κ1) is 45.6. The molecule has 0 heterocycles. The molecule has 0 radical (unpaired) electrons. The molecule has 0 bridgehead atoms. The minimum absolute atomic E-state index is 0.00534. The van der Waals surface area contributed by atoms with Crippen LogP contribution in [0.15, 0.2) is 35.4 Å². The third kappa shape index (κ3) is 8.78. The number of carbonyl (C=O) groups is 5. The molecule has 0 saturated heterocycles. The highest BCUT2D eigenvalue weighted by Gasteiger charge is 2.63. The van der Waals surface area contributed by atoms with Crippen molar-refractivity contribution in [1.82, 2.24) is 10.6 Å². The number of hydrogen-bond donors (Lipinski definition) is 4. The molecule has 9 nitrogen and oxygen atoms in total. The molecular formula is C49H72ClN3O6. The van der Waals surface area contributed by atoms with Crippen LogP contribution in [0.3, 0.4) is 0 Å². The Balaban J connectivity index is 0.000000575. The van der Waals surface area contributed by atoms with Gasteiger partial charge in [0.25, 0.3) is 0 Å². The minimum atomic E-state index is -0.760. The molecule has 59 heavy (non-hydrogen) atoms.